The van der Waals surface area contributed by atoms with E-state index in [1.165, 1.54) is 16.2 Å². The summed E-state index contributed by atoms with van der Waals surface area (Å²) in [5.41, 5.74) is 1.84. The van der Waals surface area contributed by atoms with Gasteiger partial charge in [0, 0.05) is 0 Å². The number of aliphatic hydroxyl groups excluding tert-OH is 2. The molecular weight excluding hydrogens is 264 g/mol. The van der Waals surface area contributed by atoms with Crippen molar-refractivity contribution in [1.29, 1.82) is 0 Å². The van der Waals surface area contributed by atoms with Crippen LogP contribution in [0.3, 0.4) is 0 Å². The molecule has 0 radical (unpaired) electrons. The first-order valence-corrected chi connectivity index (χ1v) is 7.21. The zero-order chi connectivity index (χ0) is 14.1. The van der Waals surface area contributed by atoms with E-state index in [4.69, 9.17) is 4.74 Å². The third kappa shape index (κ3) is 1.43. The van der Waals surface area contributed by atoms with Gasteiger partial charge in [0.1, 0.15) is 24.4 Å². The van der Waals surface area contributed by atoms with Crippen LogP contribution in [0.25, 0.3) is 21.5 Å². The van der Waals surface area contributed by atoms with Crippen molar-refractivity contribution in [3.63, 3.8) is 0 Å². The van der Waals surface area contributed by atoms with Crippen molar-refractivity contribution in [3.8, 4) is 0 Å². The van der Waals surface area contributed by atoms with E-state index in [0.29, 0.717) is 0 Å². The summed E-state index contributed by atoms with van der Waals surface area (Å²) < 4.78 is 5.60. The maximum atomic E-state index is 10.3. The van der Waals surface area contributed by atoms with Crippen molar-refractivity contribution >= 4 is 21.5 Å². The molecule has 1 heterocycles. The lowest BCUT2D eigenvalue weighted by atomic mass is 9.83. The van der Waals surface area contributed by atoms with Crippen LogP contribution in [0.1, 0.15) is 23.3 Å². The van der Waals surface area contributed by atoms with Crippen molar-refractivity contribution in [2.45, 2.75) is 24.4 Å². The van der Waals surface area contributed by atoms with Crippen LogP contribution < -0.4 is 0 Å². The van der Waals surface area contributed by atoms with Crippen LogP contribution >= 0.6 is 0 Å². The van der Waals surface area contributed by atoms with Crippen molar-refractivity contribution in [2.24, 2.45) is 0 Å². The van der Waals surface area contributed by atoms with E-state index in [9.17, 15) is 10.2 Å². The number of benzene rings is 3. The number of hydrogen-bond donors (Lipinski definition) is 2. The molecule has 2 N–H and O–H groups in total. The molecule has 3 heteroatoms. The Kier molecular flexibility index (Phi) is 2.13. The summed E-state index contributed by atoms with van der Waals surface area (Å²) in [6.45, 7) is 0. The van der Waals surface area contributed by atoms with E-state index in [0.717, 1.165) is 16.5 Å². The van der Waals surface area contributed by atoms with Crippen LogP contribution in [0.4, 0.5) is 0 Å². The molecule has 3 aromatic rings. The highest BCUT2D eigenvalue weighted by Crippen LogP contribution is 2.53. The molecule has 104 valence electrons. The Bertz CT molecular complexity index is 886. The summed E-state index contributed by atoms with van der Waals surface area (Å²) >= 11 is 0. The number of rotatable bonds is 0. The average molecular weight is 278 g/mol. The topological polar surface area (TPSA) is 53.0 Å². The van der Waals surface area contributed by atoms with Crippen LogP contribution in [0, 0.1) is 0 Å². The van der Waals surface area contributed by atoms with Gasteiger partial charge in [0.2, 0.25) is 0 Å². The second kappa shape index (κ2) is 3.83. The summed E-state index contributed by atoms with van der Waals surface area (Å²) in [6.07, 6.45) is -2.02. The molecule has 2 aliphatic rings. The first-order chi connectivity index (χ1) is 10.3. The van der Waals surface area contributed by atoms with E-state index in [-0.39, 0.29) is 12.2 Å². The largest absolute Gasteiger partial charge is 0.387 e. The zero-order valence-corrected chi connectivity index (χ0v) is 11.2. The van der Waals surface area contributed by atoms with Gasteiger partial charge in [-0.25, -0.2) is 0 Å². The Morgan fingerprint density at radius 2 is 1.62 bits per heavy atom. The Balaban J connectivity index is 1.89. The molecule has 0 saturated carbocycles. The fourth-order valence-corrected chi connectivity index (χ4v) is 3.68. The molecule has 0 bridgehead atoms. The van der Waals surface area contributed by atoms with E-state index in [2.05, 4.69) is 24.3 Å². The minimum Gasteiger partial charge on any atom is -0.387 e. The summed E-state index contributed by atoms with van der Waals surface area (Å²) in [6, 6.07) is 16.5. The van der Waals surface area contributed by atoms with E-state index < -0.39 is 12.2 Å². The van der Waals surface area contributed by atoms with E-state index in [1.807, 2.05) is 24.3 Å². The summed E-state index contributed by atoms with van der Waals surface area (Å²) in [7, 11) is 0. The van der Waals surface area contributed by atoms with Gasteiger partial charge in [0.05, 0.1) is 0 Å². The Hall–Kier alpha value is -1.94. The first kappa shape index (κ1) is 11.7. The van der Waals surface area contributed by atoms with Crippen LogP contribution in [0.2, 0.25) is 0 Å². The first-order valence-electron chi connectivity index (χ1n) is 7.21. The van der Waals surface area contributed by atoms with Gasteiger partial charge >= 0.3 is 0 Å². The quantitative estimate of drug-likeness (QED) is 0.491. The lowest BCUT2D eigenvalue weighted by molar-refractivity contribution is 0.000106. The predicted molar refractivity (Wildman–Crippen MR) is 80.0 cm³/mol. The maximum Gasteiger partial charge on any atom is 0.118 e. The highest BCUT2D eigenvalue weighted by atomic mass is 16.6. The Morgan fingerprint density at radius 3 is 2.52 bits per heavy atom. The number of fused-ring (bicyclic) bond motifs is 7. The van der Waals surface area contributed by atoms with Crippen LogP contribution in [-0.4, -0.2) is 22.4 Å². The number of aliphatic hydroxyl groups is 2. The van der Waals surface area contributed by atoms with Crippen molar-refractivity contribution in [2.75, 3.05) is 0 Å². The fourth-order valence-electron chi connectivity index (χ4n) is 3.68. The molecule has 0 unspecified atom stereocenters. The molecule has 3 nitrogen and oxygen atoms in total. The summed E-state index contributed by atoms with van der Waals surface area (Å²) in [4.78, 5) is 0. The fraction of sp³-hybridized carbons (Fsp3) is 0.222. The molecule has 1 aliphatic carbocycles. The Morgan fingerprint density at radius 1 is 0.810 bits per heavy atom. The third-order valence-electron chi connectivity index (χ3n) is 4.79. The van der Waals surface area contributed by atoms with Gasteiger partial charge in [-0.2, -0.15) is 0 Å². The number of hydrogen-bond acceptors (Lipinski definition) is 3. The standard InChI is InChI=1S/C18H14O3/c19-15-13-8-7-11-10-4-2-1-3-9(10)5-6-12(11)14(13)17-18(21-17)16(15)20/h1-8,15-20H/t15-,16+,17-,18+/m1/s1. The molecule has 0 spiro atoms. The smallest absolute Gasteiger partial charge is 0.118 e. The summed E-state index contributed by atoms with van der Waals surface area (Å²) in [5, 5.41) is 25.0. The van der Waals surface area contributed by atoms with Gasteiger partial charge in [0.15, 0.2) is 0 Å². The zero-order valence-electron chi connectivity index (χ0n) is 11.2. The normalized spacial score (nSPS) is 30.2. The molecule has 4 atom stereocenters. The molecule has 21 heavy (non-hydrogen) atoms. The SMILES string of the molecule is O[C@@H]1[C@@H]2O[C@@H]2c2c(ccc3c2ccc2ccccc23)[C@H]1O. The van der Waals surface area contributed by atoms with Crippen molar-refractivity contribution in [1.82, 2.24) is 0 Å². The van der Waals surface area contributed by atoms with Gasteiger partial charge in [-0.1, -0.05) is 48.5 Å². The average Bonchev–Trinajstić information content (AvgIpc) is 3.32. The van der Waals surface area contributed by atoms with Gasteiger partial charge in [-0.15, -0.1) is 0 Å². The van der Waals surface area contributed by atoms with Gasteiger partial charge < -0.3 is 14.9 Å². The minimum absolute atomic E-state index is 0.0803. The highest BCUT2D eigenvalue weighted by Gasteiger charge is 2.54. The second-order valence-corrected chi connectivity index (χ2v) is 5.91. The lowest BCUT2D eigenvalue weighted by Gasteiger charge is -2.24. The highest BCUT2D eigenvalue weighted by molar-refractivity contribution is 6.09. The molecule has 3 aromatic carbocycles. The van der Waals surface area contributed by atoms with E-state index in [1.54, 1.807) is 0 Å². The minimum atomic E-state index is -0.861. The van der Waals surface area contributed by atoms with Crippen molar-refractivity contribution < 1.29 is 14.9 Å². The van der Waals surface area contributed by atoms with Crippen molar-refractivity contribution in [3.05, 3.63) is 59.7 Å². The molecule has 5 rings (SSSR count). The molecule has 0 aromatic heterocycles. The van der Waals surface area contributed by atoms with E-state index >= 15 is 0 Å². The maximum absolute atomic E-state index is 10.3. The van der Waals surface area contributed by atoms with Gasteiger partial charge in [0.25, 0.3) is 0 Å². The molecular formula is C18H14O3. The lowest BCUT2D eigenvalue weighted by Crippen LogP contribution is -2.29. The van der Waals surface area contributed by atoms with Gasteiger partial charge in [-0.3, -0.25) is 0 Å². The Labute approximate surface area is 121 Å². The molecule has 1 fully saturated rings. The van der Waals surface area contributed by atoms with Crippen LogP contribution in [0.15, 0.2) is 48.5 Å². The predicted octanol–water partition coefficient (Wildman–Crippen LogP) is 2.84. The third-order valence-corrected chi connectivity index (χ3v) is 4.79. The monoisotopic (exact) mass is 278 g/mol. The van der Waals surface area contributed by atoms with Crippen LogP contribution in [-0.2, 0) is 4.74 Å². The van der Waals surface area contributed by atoms with Gasteiger partial charge in [-0.05, 0) is 32.7 Å². The molecule has 1 aliphatic heterocycles. The molecule has 1 saturated heterocycles. The molecule has 0 amide bonds. The number of epoxide rings is 1. The van der Waals surface area contributed by atoms with Crippen LogP contribution in [0.5, 0.6) is 0 Å². The second-order valence-electron chi connectivity index (χ2n) is 5.91. The number of ether oxygens (including phenoxy) is 1. The summed E-state index contributed by atoms with van der Waals surface area (Å²) in [5.74, 6) is 0.